The van der Waals surface area contributed by atoms with Crippen molar-refractivity contribution < 1.29 is 46.9 Å². The number of nitrogens with zero attached hydrogens (tertiary/aromatic N) is 1. The molecule has 0 radical (unpaired) electrons. The molecule has 17 heteroatoms. The Morgan fingerprint density at radius 2 is 1.94 bits per heavy atom. The van der Waals surface area contributed by atoms with Gasteiger partial charge in [-0.05, 0) is 20.3 Å². The highest BCUT2D eigenvalue weighted by Crippen LogP contribution is 2.61. The van der Waals surface area contributed by atoms with Crippen molar-refractivity contribution in [3.8, 4) is 0 Å². The summed E-state index contributed by atoms with van der Waals surface area (Å²) < 4.78 is 49.9. The van der Waals surface area contributed by atoms with Gasteiger partial charge in [-0.3, -0.25) is 23.4 Å². The van der Waals surface area contributed by atoms with E-state index in [0.29, 0.717) is 6.42 Å². The standard InChI is InChI=1S/C16H27N3O12P2/c1-8-6-19(16(22)18-15(8)21)13-5-11(20)12(29-13)7-27-32(23,24)31-33(25,26)30-14-4-3-10(17)9(2)28-14/h6,9-14,20H,3-5,7,17H2,1-2H3,(H,23,24)(H,25,26)(H,18,21,22). The van der Waals surface area contributed by atoms with Crippen molar-refractivity contribution in [2.75, 3.05) is 6.61 Å². The topological polar surface area (TPSA) is 222 Å². The molecule has 2 fully saturated rings. The van der Waals surface area contributed by atoms with E-state index in [4.69, 9.17) is 19.7 Å². The zero-order valence-corrected chi connectivity index (χ0v) is 19.6. The molecule has 0 aromatic carbocycles. The number of aryl methyl sites for hydroxylation is 1. The number of aliphatic hydroxyl groups is 1. The monoisotopic (exact) mass is 515 g/mol. The van der Waals surface area contributed by atoms with Gasteiger partial charge in [-0.15, -0.1) is 0 Å². The van der Waals surface area contributed by atoms with Gasteiger partial charge in [-0.25, -0.2) is 13.9 Å². The summed E-state index contributed by atoms with van der Waals surface area (Å²) in [6.45, 7) is 2.41. The second-order valence-electron chi connectivity index (χ2n) is 7.84. The molecule has 0 aliphatic carbocycles. The number of phosphoric ester groups is 2. The molecular weight excluding hydrogens is 488 g/mol. The molecular formula is C16H27N3O12P2. The maximum Gasteiger partial charge on any atom is 0.483 e. The van der Waals surface area contributed by atoms with Crippen molar-refractivity contribution in [3.05, 3.63) is 32.6 Å². The maximum atomic E-state index is 12.1. The molecule has 8 unspecified atom stereocenters. The van der Waals surface area contributed by atoms with Crippen LogP contribution >= 0.6 is 15.6 Å². The van der Waals surface area contributed by atoms with Gasteiger partial charge in [0.15, 0.2) is 6.29 Å². The molecule has 0 spiro atoms. The lowest BCUT2D eigenvalue weighted by atomic mass is 10.0. The second kappa shape index (κ2) is 10.2. The van der Waals surface area contributed by atoms with Crippen LogP contribution in [0.15, 0.2) is 15.8 Å². The smallest absolute Gasteiger partial charge is 0.390 e. The summed E-state index contributed by atoms with van der Waals surface area (Å²) in [6, 6.07) is -0.284. The maximum absolute atomic E-state index is 12.1. The first-order valence-corrected chi connectivity index (χ1v) is 13.0. The number of hydrogen-bond acceptors (Lipinski definition) is 11. The van der Waals surface area contributed by atoms with Gasteiger partial charge >= 0.3 is 21.3 Å². The van der Waals surface area contributed by atoms with Gasteiger partial charge < -0.3 is 30.1 Å². The molecule has 2 saturated heterocycles. The summed E-state index contributed by atoms with van der Waals surface area (Å²) in [6.07, 6.45) is -3.24. The van der Waals surface area contributed by atoms with Crippen molar-refractivity contribution in [2.45, 2.75) is 70.0 Å². The Morgan fingerprint density at radius 3 is 2.61 bits per heavy atom. The van der Waals surface area contributed by atoms with Gasteiger partial charge in [0.1, 0.15) is 12.3 Å². The summed E-state index contributed by atoms with van der Waals surface area (Å²) in [5, 5.41) is 10.2. The van der Waals surface area contributed by atoms with Crippen molar-refractivity contribution in [1.29, 1.82) is 0 Å². The number of phosphoric acid groups is 2. The Balaban J connectivity index is 1.56. The first-order chi connectivity index (χ1) is 15.3. The SMILES string of the molecule is Cc1cn(C2CC(O)C(COP(=O)(O)OP(=O)(O)OC3CCC(N)C(C)O3)O2)c(=O)[nH]c1=O. The summed E-state index contributed by atoms with van der Waals surface area (Å²) in [7, 11) is -10.2. The number of ether oxygens (including phenoxy) is 2. The molecule has 0 saturated carbocycles. The molecule has 33 heavy (non-hydrogen) atoms. The highest BCUT2D eigenvalue weighted by atomic mass is 31.3. The predicted octanol–water partition coefficient (Wildman–Crippen LogP) is -0.404. The Labute approximate surface area is 187 Å². The van der Waals surface area contributed by atoms with Gasteiger partial charge in [0.05, 0.1) is 18.8 Å². The minimum absolute atomic E-state index is 0.0864. The Bertz CT molecular complexity index is 1060. The van der Waals surface area contributed by atoms with Crippen LogP contribution in [0.3, 0.4) is 0 Å². The van der Waals surface area contributed by atoms with Crippen LogP contribution in [0.1, 0.15) is 38.0 Å². The van der Waals surface area contributed by atoms with E-state index in [1.807, 2.05) is 0 Å². The van der Waals surface area contributed by atoms with Gasteiger partial charge in [-0.2, -0.15) is 4.31 Å². The first kappa shape index (κ1) is 26.4. The Hall–Kier alpha value is -1.22. The minimum atomic E-state index is -5.13. The van der Waals surface area contributed by atoms with Gasteiger partial charge in [-0.1, -0.05) is 0 Å². The fourth-order valence-corrected chi connectivity index (χ4v) is 5.55. The highest BCUT2D eigenvalue weighted by molar-refractivity contribution is 7.61. The number of hydrogen-bond donors (Lipinski definition) is 5. The molecule has 3 heterocycles. The van der Waals surface area contributed by atoms with E-state index in [1.165, 1.54) is 13.1 Å². The van der Waals surface area contributed by atoms with E-state index in [-0.39, 0.29) is 24.4 Å². The summed E-state index contributed by atoms with van der Waals surface area (Å²) in [4.78, 5) is 45.2. The van der Waals surface area contributed by atoms with Crippen LogP contribution < -0.4 is 17.0 Å². The number of aromatic nitrogens is 2. The van der Waals surface area contributed by atoms with Gasteiger partial charge in [0, 0.05) is 30.6 Å². The Morgan fingerprint density at radius 1 is 1.24 bits per heavy atom. The lowest BCUT2D eigenvalue weighted by molar-refractivity contribution is -0.155. The van der Waals surface area contributed by atoms with E-state index < -0.39 is 64.3 Å². The molecule has 3 rings (SSSR count). The van der Waals surface area contributed by atoms with Crippen molar-refractivity contribution in [2.24, 2.45) is 5.73 Å². The largest absolute Gasteiger partial charge is 0.483 e. The van der Waals surface area contributed by atoms with E-state index in [9.17, 15) is 33.6 Å². The zero-order valence-electron chi connectivity index (χ0n) is 17.8. The second-order valence-corrected chi connectivity index (χ2v) is 10.8. The molecule has 0 amide bonds. The number of rotatable bonds is 8. The fourth-order valence-electron chi connectivity index (χ4n) is 3.37. The quantitative estimate of drug-likeness (QED) is 0.278. The lowest BCUT2D eigenvalue weighted by Crippen LogP contribution is -2.42. The molecule has 188 valence electrons. The first-order valence-electron chi connectivity index (χ1n) is 10.0. The number of aliphatic hydroxyl groups excluding tert-OH is 1. The third-order valence-electron chi connectivity index (χ3n) is 5.22. The third kappa shape index (κ3) is 6.90. The lowest BCUT2D eigenvalue weighted by Gasteiger charge is -2.32. The molecule has 6 N–H and O–H groups in total. The van der Waals surface area contributed by atoms with Crippen LogP contribution in [-0.2, 0) is 32.0 Å². The van der Waals surface area contributed by atoms with Gasteiger partial charge in [0.25, 0.3) is 5.56 Å². The fraction of sp³-hybridized carbons (Fsp3) is 0.750. The molecule has 2 aliphatic heterocycles. The van der Waals surface area contributed by atoms with Crippen LogP contribution in [-0.4, -0.2) is 61.7 Å². The minimum Gasteiger partial charge on any atom is -0.390 e. The molecule has 1 aromatic rings. The van der Waals surface area contributed by atoms with E-state index in [2.05, 4.69) is 13.8 Å². The third-order valence-corrected chi connectivity index (χ3v) is 7.85. The van der Waals surface area contributed by atoms with Crippen molar-refractivity contribution >= 4 is 15.6 Å². The van der Waals surface area contributed by atoms with Crippen LogP contribution in [0.2, 0.25) is 0 Å². The van der Waals surface area contributed by atoms with Crippen LogP contribution in [0.25, 0.3) is 0 Å². The normalized spacial score (nSPS) is 34.0. The zero-order chi connectivity index (χ0) is 24.6. The highest BCUT2D eigenvalue weighted by Gasteiger charge is 2.42. The molecule has 15 nitrogen and oxygen atoms in total. The Kier molecular flexibility index (Phi) is 8.14. The number of nitrogens with two attached hydrogens (primary N) is 1. The average Bonchev–Trinajstić information content (AvgIpc) is 3.05. The van der Waals surface area contributed by atoms with E-state index in [1.54, 1.807) is 6.92 Å². The summed E-state index contributed by atoms with van der Waals surface area (Å²) in [5.41, 5.74) is 4.67. The van der Waals surface area contributed by atoms with Crippen LogP contribution in [0, 0.1) is 6.92 Å². The van der Waals surface area contributed by atoms with E-state index >= 15 is 0 Å². The predicted molar refractivity (Wildman–Crippen MR) is 110 cm³/mol. The van der Waals surface area contributed by atoms with Crippen molar-refractivity contribution in [1.82, 2.24) is 9.55 Å². The van der Waals surface area contributed by atoms with Crippen LogP contribution in [0.5, 0.6) is 0 Å². The van der Waals surface area contributed by atoms with Gasteiger partial charge in [0.2, 0.25) is 0 Å². The molecule has 0 bridgehead atoms. The summed E-state index contributed by atoms with van der Waals surface area (Å²) >= 11 is 0. The molecule has 2 aliphatic rings. The summed E-state index contributed by atoms with van der Waals surface area (Å²) in [5.74, 6) is 0. The molecule has 1 aromatic heterocycles. The number of aromatic amines is 1. The molecule has 8 atom stereocenters. The van der Waals surface area contributed by atoms with Crippen molar-refractivity contribution in [3.63, 3.8) is 0 Å². The number of H-pyrrole nitrogens is 1. The van der Waals surface area contributed by atoms with E-state index in [0.717, 1.165) is 4.57 Å². The number of nitrogens with one attached hydrogen (secondary N) is 1. The van der Waals surface area contributed by atoms with Crippen LogP contribution in [0.4, 0.5) is 0 Å². The average molecular weight is 515 g/mol.